The van der Waals surface area contributed by atoms with Crippen LogP contribution in [0.25, 0.3) is 28.0 Å². The van der Waals surface area contributed by atoms with E-state index in [0.29, 0.717) is 0 Å². The number of esters is 1. The van der Waals surface area contributed by atoms with Gasteiger partial charge in [-0.25, -0.2) is 14.3 Å². The number of nitrogens with zero attached hydrogens (tertiary/aromatic N) is 7. The summed E-state index contributed by atoms with van der Waals surface area (Å²) in [5, 5.41) is 12.9. The van der Waals surface area contributed by atoms with Crippen LogP contribution in [0, 0.1) is 0 Å². The molecule has 4 heterocycles. The topological polar surface area (TPSA) is 92.1 Å². The predicted molar refractivity (Wildman–Crippen MR) is 107 cm³/mol. The zero-order valence-corrected chi connectivity index (χ0v) is 17.1. The molecule has 9 heteroatoms. The molecule has 0 saturated heterocycles. The van der Waals surface area contributed by atoms with Gasteiger partial charge in [-0.3, -0.25) is 9.36 Å². The summed E-state index contributed by atoms with van der Waals surface area (Å²) in [5.41, 5.74) is 3.45. The fourth-order valence-electron chi connectivity index (χ4n) is 3.00. The van der Waals surface area contributed by atoms with Crippen molar-refractivity contribution in [3.8, 4) is 22.5 Å². The second-order valence-corrected chi connectivity index (χ2v) is 7.96. The highest BCUT2D eigenvalue weighted by atomic mass is 16.6. The number of rotatable bonds is 4. The first kappa shape index (κ1) is 18.9. The Labute approximate surface area is 167 Å². The Morgan fingerprint density at radius 1 is 1.07 bits per heavy atom. The minimum atomic E-state index is -0.551. The molecule has 1 atom stereocenters. The van der Waals surface area contributed by atoms with Crippen LogP contribution in [0.2, 0.25) is 0 Å². The van der Waals surface area contributed by atoms with E-state index in [1.54, 1.807) is 45.6 Å². The van der Waals surface area contributed by atoms with Gasteiger partial charge in [0.15, 0.2) is 0 Å². The zero-order chi connectivity index (χ0) is 20.8. The van der Waals surface area contributed by atoms with Crippen molar-refractivity contribution in [2.45, 2.75) is 39.3 Å². The van der Waals surface area contributed by atoms with E-state index in [1.807, 2.05) is 46.3 Å². The minimum absolute atomic E-state index is 0.335. The number of carbonyl (C=O) groups is 1. The van der Waals surface area contributed by atoms with Gasteiger partial charge in [0.1, 0.15) is 11.6 Å². The van der Waals surface area contributed by atoms with Crippen LogP contribution in [-0.4, -0.2) is 45.7 Å². The lowest BCUT2D eigenvalue weighted by Gasteiger charge is -2.22. The van der Waals surface area contributed by atoms with E-state index in [2.05, 4.69) is 15.3 Å². The molecule has 1 unspecified atom stereocenters. The summed E-state index contributed by atoms with van der Waals surface area (Å²) in [7, 11) is 1.86. The average molecular weight is 393 g/mol. The third kappa shape index (κ3) is 3.75. The van der Waals surface area contributed by atoms with Crippen molar-refractivity contribution in [3.63, 3.8) is 0 Å². The van der Waals surface area contributed by atoms with E-state index in [1.165, 1.54) is 0 Å². The first-order chi connectivity index (χ1) is 13.7. The standard InChI is InChI=1S/C20H23N7O2/c1-13(19(28)29-20(2,3)4)26-11-15(9-23-26)18-17-6-7-21-27(17)12-16(24-18)14-8-22-25(5)10-14/h6-13H,1-5H3. The maximum Gasteiger partial charge on any atom is 0.331 e. The van der Waals surface area contributed by atoms with E-state index >= 15 is 0 Å². The van der Waals surface area contributed by atoms with Crippen LogP contribution in [0.3, 0.4) is 0 Å². The molecule has 0 N–H and O–H groups in total. The first-order valence-electron chi connectivity index (χ1n) is 9.32. The third-order valence-corrected chi connectivity index (χ3v) is 4.41. The molecule has 0 radical (unpaired) electrons. The average Bonchev–Trinajstić information content (AvgIpc) is 3.38. The molecule has 9 nitrogen and oxygen atoms in total. The number of carbonyl (C=O) groups excluding carboxylic acids is 1. The van der Waals surface area contributed by atoms with Gasteiger partial charge in [0.25, 0.3) is 0 Å². The van der Waals surface area contributed by atoms with E-state index in [0.717, 1.165) is 28.0 Å². The van der Waals surface area contributed by atoms with Gasteiger partial charge in [0.05, 0.1) is 41.7 Å². The quantitative estimate of drug-likeness (QED) is 0.495. The van der Waals surface area contributed by atoms with E-state index in [9.17, 15) is 4.79 Å². The Kier molecular flexibility index (Phi) is 4.45. The summed E-state index contributed by atoms with van der Waals surface area (Å²) in [4.78, 5) is 17.2. The Morgan fingerprint density at radius 2 is 1.83 bits per heavy atom. The van der Waals surface area contributed by atoms with Crippen molar-refractivity contribution >= 4 is 11.5 Å². The lowest BCUT2D eigenvalue weighted by molar-refractivity contribution is -0.158. The highest BCUT2D eigenvalue weighted by molar-refractivity contribution is 5.79. The lowest BCUT2D eigenvalue weighted by atomic mass is 10.2. The molecular weight excluding hydrogens is 370 g/mol. The molecular formula is C20H23N7O2. The molecule has 4 aromatic heterocycles. The zero-order valence-electron chi connectivity index (χ0n) is 17.1. The van der Waals surface area contributed by atoms with Gasteiger partial charge >= 0.3 is 5.97 Å². The lowest BCUT2D eigenvalue weighted by Crippen LogP contribution is -2.29. The predicted octanol–water partition coefficient (Wildman–Crippen LogP) is 2.90. The summed E-state index contributed by atoms with van der Waals surface area (Å²) >= 11 is 0. The van der Waals surface area contributed by atoms with Crippen LogP contribution in [0.15, 0.2) is 43.2 Å². The van der Waals surface area contributed by atoms with Gasteiger partial charge in [-0.2, -0.15) is 15.3 Å². The molecule has 4 rings (SSSR count). The molecule has 0 saturated carbocycles. The number of hydrogen-bond acceptors (Lipinski definition) is 6. The highest BCUT2D eigenvalue weighted by Gasteiger charge is 2.24. The molecule has 0 spiro atoms. The van der Waals surface area contributed by atoms with Crippen molar-refractivity contribution in [1.82, 2.24) is 34.2 Å². The van der Waals surface area contributed by atoms with Crippen LogP contribution >= 0.6 is 0 Å². The molecule has 0 amide bonds. The van der Waals surface area contributed by atoms with Crippen molar-refractivity contribution in [3.05, 3.63) is 43.2 Å². The third-order valence-electron chi connectivity index (χ3n) is 4.41. The maximum absolute atomic E-state index is 12.4. The van der Waals surface area contributed by atoms with E-state index < -0.39 is 11.6 Å². The summed E-state index contributed by atoms with van der Waals surface area (Å²) in [6.45, 7) is 7.29. The van der Waals surface area contributed by atoms with Gasteiger partial charge in [-0.05, 0) is 33.8 Å². The van der Waals surface area contributed by atoms with Crippen LogP contribution in [-0.2, 0) is 16.6 Å². The molecule has 0 aliphatic carbocycles. The molecule has 0 fully saturated rings. The smallest absolute Gasteiger partial charge is 0.331 e. The maximum atomic E-state index is 12.4. The largest absolute Gasteiger partial charge is 0.458 e. The molecule has 29 heavy (non-hydrogen) atoms. The molecule has 4 aromatic rings. The highest BCUT2D eigenvalue weighted by Crippen LogP contribution is 2.27. The Bertz CT molecular complexity index is 1180. The molecule has 0 aliphatic heterocycles. The van der Waals surface area contributed by atoms with Crippen LogP contribution < -0.4 is 0 Å². The molecule has 150 valence electrons. The Morgan fingerprint density at radius 3 is 2.52 bits per heavy atom. The van der Waals surface area contributed by atoms with Crippen molar-refractivity contribution in [2.75, 3.05) is 0 Å². The molecule has 0 aliphatic rings. The Hall–Kier alpha value is -3.49. The van der Waals surface area contributed by atoms with Crippen LogP contribution in [0.1, 0.15) is 33.7 Å². The minimum Gasteiger partial charge on any atom is -0.458 e. The second-order valence-electron chi connectivity index (χ2n) is 7.96. The van der Waals surface area contributed by atoms with E-state index in [4.69, 9.17) is 9.72 Å². The summed E-state index contributed by atoms with van der Waals surface area (Å²) in [5.74, 6) is -0.335. The second kappa shape index (κ2) is 6.84. The Balaban J connectivity index is 1.72. The monoisotopic (exact) mass is 393 g/mol. The van der Waals surface area contributed by atoms with Crippen molar-refractivity contribution in [1.29, 1.82) is 0 Å². The van der Waals surface area contributed by atoms with E-state index in [-0.39, 0.29) is 5.97 Å². The van der Waals surface area contributed by atoms with Crippen LogP contribution in [0.5, 0.6) is 0 Å². The summed E-state index contributed by atoms with van der Waals surface area (Å²) in [6.07, 6.45) is 10.7. The molecule has 0 aromatic carbocycles. The normalized spacial score (nSPS) is 13.0. The van der Waals surface area contributed by atoms with Crippen LogP contribution in [0.4, 0.5) is 0 Å². The number of aromatic nitrogens is 7. The SMILES string of the molecule is CC(C(=O)OC(C)(C)C)n1cc(-c2nc(-c3cnn(C)c3)cn3nccc23)cn1. The summed E-state index contributed by atoms with van der Waals surface area (Å²) < 4.78 is 10.6. The van der Waals surface area contributed by atoms with Gasteiger partial charge < -0.3 is 4.74 Å². The van der Waals surface area contributed by atoms with Gasteiger partial charge in [-0.15, -0.1) is 0 Å². The fourth-order valence-corrected chi connectivity index (χ4v) is 3.00. The van der Waals surface area contributed by atoms with Gasteiger partial charge in [-0.1, -0.05) is 0 Å². The van der Waals surface area contributed by atoms with Crippen molar-refractivity contribution in [2.24, 2.45) is 7.05 Å². The fraction of sp³-hybridized carbons (Fsp3) is 0.350. The summed E-state index contributed by atoms with van der Waals surface area (Å²) in [6, 6.07) is 1.34. The number of ether oxygens (including phenoxy) is 1. The van der Waals surface area contributed by atoms with Gasteiger partial charge in [0.2, 0.25) is 0 Å². The molecule has 0 bridgehead atoms. The number of aryl methyl sites for hydroxylation is 1. The number of fused-ring (bicyclic) bond motifs is 1. The first-order valence-corrected chi connectivity index (χ1v) is 9.32. The van der Waals surface area contributed by atoms with Gasteiger partial charge in [0, 0.05) is 30.6 Å². The van der Waals surface area contributed by atoms with Crippen molar-refractivity contribution < 1.29 is 9.53 Å². The number of hydrogen-bond donors (Lipinski definition) is 0.